The van der Waals surface area contributed by atoms with Crippen LogP contribution in [0.15, 0.2) is 47.6 Å². The summed E-state index contributed by atoms with van der Waals surface area (Å²) in [6, 6.07) is 6.59. The first-order valence-electron chi connectivity index (χ1n) is 8.43. The van der Waals surface area contributed by atoms with E-state index in [1.807, 2.05) is 0 Å². The largest absolute Gasteiger partial charge is 0.368 e. The fourth-order valence-corrected chi connectivity index (χ4v) is 2.91. The van der Waals surface area contributed by atoms with Crippen LogP contribution in [0.1, 0.15) is 24.9 Å². The minimum atomic E-state index is -0.913. The van der Waals surface area contributed by atoms with Crippen LogP contribution in [0.5, 0.6) is 0 Å². The quantitative estimate of drug-likeness (QED) is 0.822. The van der Waals surface area contributed by atoms with Gasteiger partial charge in [-0.15, -0.1) is 0 Å². The SMILES string of the molecule is C[C@H](NC(=O)C1=NN(c2ccc(F)cc2)[C@H](C(N)=O)C1)c1ccc(F)cc1F. The van der Waals surface area contributed by atoms with Gasteiger partial charge in [-0.25, -0.2) is 13.2 Å². The Balaban J connectivity index is 1.79. The lowest BCUT2D eigenvalue weighted by atomic mass is 10.1. The number of halogens is 3. The summed E-state index contributed by atoms with van der Waals surface area (Å²) < 4.78 is 40.1. The third-order valence-electron chi connectivity index (χ3n) is 4.37. The number of primary amides is 1. The first kappa shape index (κ1) is 19.4. The number of amides is 2. The van der Waals surface area contributed by atoms with Crippen LogP contribution in [0.25, 0.3) is 0 Å². The molecule has 3 N–H and O–H groups in total. The number of carbonyl (C=O) groups is 2. The van der Waals surface area contributed by atoms with Gasteiger partial charge in [0.25, 0.3) is 5.91 Å². The van der Waals surface area contributed by atoms with Crippen molar-refractivity contribution in [2.24, 2.45) is 10.8 Å². The average molecular weight is 390 g/mol. The summed E-state index contributed by atoms with van der Waals surface area (Å²) in [5.41, 5.74) is 5.92. The van der Waals surface area contributed by atoms with Crippen molar-refractivity contribution in [1.82, 2.24) is 5.32 Å². The summed E-state index contributed by atoms with van der Waals surface area (Å²) >= 11 is 0. The molecule has 0 aromatic heterocycles. The first-order chi connectivity index (χ1) is 13.3. The number of hydrogen-bond acceptors (Lipinski definition) is 4. The number of nitrogens with one attached hydrogen (secondary N) is 1. The molecule has 2 aromatic carbocycles. The van der Waals surface area contributed by atoms with Crippen LogP contribution in [-0.4, -0.2) is 23.6 Å². The summed E-state index contributed by atoms with van der Waals surface area (Å²) in [5, 5.41) is 7.95. The number of nitrogens with zero attached hydrogens (tertiary/aromatic N) is 2. The molecule has 0 saturated carbocycles. The maximum absolute atomic E-state index is 13.9. The second-order valence-corrected chi connectivity index (χ2v) is 6.35. The van der Waals surface area contributed by atoms with Crippen molar-refractivity contribution in [3.8, 4) is 0 Å². The Labute approximate surface area is 158 Å². The molecule has 0 saturated heterocycles. The zero-order chi connectivity index (χ0) is 20.4. The van der Waals surface area contributed by atoms with Gasteiger partial charge in [-0.1, -0.05) is 6.07 Å². The molecule has 2 amide bonds. The molecule has 0 fully saturated rings. The van der Waals surface area contributed by atoms with Crippen LogP contribution in [0.2, 0.25) is 0 Å². The van der Waals surface area contributed by atoms with E-state index in [2.05, 4.69) is 10.4 Å². The van der Waals surface area contributed by atoms with E-state index in [-0.39, 0.29) is 17.7 Å². The Hall–Kier alpha value is -3.36. The molecule has 9 heteroatoms. The maximum Gasteiger partial charge on any atom is 0.268 e. The van der Waals surface area contributed by atoms with E-state index in [0.717, 1.165) is 12.1 Å². The van der Waals surface area contributed by atoms with E-state index in [4.69, 9.17) is 5.73 Å². The summed E-state index contributed by atoms with van der Waals surface area (Å²) in [6.45, 7) is 1.53. The van der Waals surface area contributed by atoms with Crippen LogP contribution in [0.4, 0.5) is 18.9 Å². The predicted molar refractivity (Wildman–Crippen MR) is 96.8 cm³/mol. The standard InChI is InChI=1S/C19H17F3N4O2/c1-10(14-7-4-12(21)8-15(14)22)24-19(28)16-9-17(18(23)27)26(25-16)13-5-2-11(20)3-6-13/h2-8,10,17H,9H2,1H3,(H2,23,27)(H,24,28)/t10-,17-/m0/s1. The number of rotatable bonds is 5. The Morgan fingerprint density at radius 2 is 1.79 bits per heavy atom. The molecular weight excluding hydrogens is 373 g/mol. The number of hydrogen-bond donors (Lipinski definition) is 2. The molecule has 2 atom stereocenters. The summed E-state index contributed by atoms with van der Waals surface area (Å²) in [4.78, 5) is 24.3. The predicted octanol–water partition coefficient (Wildman–Crippen LogP) is 2.40. The van der Waals surface area contributed by atoms with Gasteiger partial charge in [0.2, 0.25) is 5.91 Å². The molecule has 0 radical (unpaired) electrons. The van der Waals surface area contributed by atoms with Crippen LogP contribution in [0, 0.1) is 17.5 Å². The Morgan fingerprint density at radius 1 is 1.14 bits per heavy atom. The topological polar surface area (TPSA) is 87.8 Å². The third kappa shape index (κ3) is 3.98. The van der Waals surface area contributed by atoms with E-state index >= 15 is 0 Å². The monoisotopic (exact) mass is 390 g/mol. The van der Waals surface area contributed by atoms with Gasteiger partial charge in [0.15, 0.2) is 0 Å². The van der Waals surface area contributed by atoms with Crippen molar-refractivity contribution in [2.45, 2.75) is 25.4 Å². The molecule has 28 heavy (non-hydrogen) atoms. The van der Waals surface area contributed by atoms with Gasteiger partial charge in [-0.2, -0.15) is 5.10 Å². The molecule has 6 nitrogen and oxygen atoms in total. The maximum atomic E-state index is 13.9. The molecular formula is C19H17F3N4O2. The zero-order valence-electron chi connectivity index (χ0n) is 14.8. The van der Waals surface area contributed by atoms with Gasteiger partial charge < -0.3 is 11.1 Å². The van der Waals surface area contributed by atoms with Crippen molar-refractivity contribution >= 4 is 23.2 Å². The van der Waals surface area contributed by atoms with Gasteiger partial charge in [0.05, 0.1) is 11.7 Å². The molecule has 0 unspecified atom stereocenters. The first-order valence-corrected chi connectivity index (χ1v) is 8.43. The normalized spacial score (nSPS) is 17.2. The Bertz CT molecular complexity index is 947. The molecule has 1 heterocycles. The van der Waals surface area contributed by atoms with Crippen LogP contribution in [0.3, 0.4) is 0 Å². The van der Waals surface area contributed by atoms with Crippen LogP contribution in [-0.2, 0) is 9.59 Å². The molecule has 2 aromatic rings. The van der Waals surface area contributed by atoms with E-state index < -0.39 is 41.3 Å². The van der Waals surface area contributed by atoms with E-state index in [0.29, 0.717) is 5.69 Å². The molecule has 0 aliphatic carbocycles. The van der Waals surface area contributed by atoms with Gasteiger partial charge in [0, 0.05) is 18.1 Å². The fourth-order valence-electron chi connectivity index (χ4n) is 2.91. The molecule has 1 aliphatic rings. The number of benzene rings is 2. The Kier molecular flexibility index (Phi) is 5.34. The number of carbonyl (C=O) groups excluding carboxylic acids is 2. The molecule has 3 rings (SSSR count). The summed E-state index contributed by atoms with van der Waals surface area (Å²) in [5.74, 6) is -3.29. The van der Waals surface area contributed by atoms with E-state index in [9.17, 15) is 22.8 Å². The smallest absolute Gasteiger partial charge is 0.268 e. The Morgan fingerprint density at radius 3 is 2.39 bits per heavy atom. The average Bonchev–Trinajstić information content (AvgIpc) is 3.08. The van der Waals surface area contributed by atoms with Gasteiger partial charge in [-0.3, -0.25) is 14.6 Å². The van der Waals surface area contributed by atoms with E-state index in [1.165, 1.54) is 42.3 Å². The second-order valence-electron chi connectivity index (χ2n) is 6.35. The minimum Gasteiger partial charge on any atom is -0.368 e. The highest BCUT2D eigenvalue weighted by Gasteiger charge is 2.35. The highest BCUT2D eigenvalue weighted by Crippen LogP contribution is 2.25. The zero-order valence-corrected chi connectivity index (χ0v) is 14.8. The van der Waals surface area contributed by atoms with Gasteiger partial charge in [0.1, 0.15) is 29.2 Å². The highest BCUT2D eigenvalue weighted by atomic mass is 19.1. The minimum absolute atomic E-state index is 0.0162. The molecule has 0 bridgehead atoms. The lowest BCUT2D eigenvalue weighted by Crippen LogP contribution is -2.40. The van der Waals surface area contributed by atoms with Gasteiger partial charge >= 0.3 is 0 Å². The summed E-state index contributed by atoms with van der Waals surface area (Å²) in [7, 11) is 0. The second kappa shape index (κ2) is 7.71. The lowest BCUT2D eigenvalue weighted by Gasteiger charge is -2.20. The van der Waals surface area contributed by atoms with Crippen LogP contribution < -0.4 is 16.1 Å². The van der Waals surface area contributed by atoms with Crippen molar-refractivity contribution in [3.05, 3.63) is 65.5 Å². The lowest BCUT2D eigenvalue weighted by molar-refractivity contribution is -0.119. The molecule has 146 valence electrons. The van der Waals surface area contributed by atoms with Crippen molar-refractivity contribution < 1.29 is 22.8 Å². The van der Waals surface area contributed by atoms with Crippen LogP contribution >= 0.6 is 0 Å². The van der Waals surface area contributed by atoms with Gasteiger partial charge in [-0.05, 0) is 37.3 Å². The molecule has 1 aliphatic heterocycles. The number of hydrazone groups is 1. The number of anilines is 1. The molecule has 0 spiro atoms. The van der Waals surface area contributed by atoms with Crippen molar-refractivity contribution in [1.29, 1.82) is 0 Å². The highest BCUT2D eigenvalue weighted by molar-refractivity contribution is 6.40. The fraction of sp³-hybridized carbons (Fsp3) is 0.211. The van der Waals surface area contributed by atoms with Crippen molar-refractivity contribution in [3.63, 3.8) is 0 Å². The number of nitrogens with two attached hydrogens (primary N) is 1. The van der Waals surface area contributed by atoms with E-state index in [1.54, 1.807) is 0 Å². The summed E-state index contributed by atoms with van der Waals surface area (Å²) in [6.07, 6.45) is -0.0584. The van der Waals surface area contributed by atoms with Crippen molar-refractivity contribution in [2.75, 3.05) is 5.01 Å². The third-order valence-corrected chi connectivity index (χ3v) is 4.37.